The highest BCUT2D eigenvalue weighted by molar-refractivity contribution is 6.33. The van der Waals surface area contributed by atoms with Gasteiger partial charge in [-0.2, -0.15) is 0 Å². The minimum atomic E-state index is -0.239. The van der Waals surface area contributed by atoms with E-state index in [2.05, 4.69) is 22.5 Å². The standard InChI is InChI=1S/C15H17ClN2O2/c16-13-8-7-11(4-1-2-9-19)10-14(13)18-15(20)17-12-5-3-6-12/h7-8,10,12,19H,2-3,5-6,9H2,(H2,17,18,20). The summed E-state index contributed by atoms with van der Waals surface area (Å²) in [5.74, 6) is 5.74. The van der Waals surface area contributed by atoms with Crippen LogP contribution in [0.5, 0.6) is 0 Å². The minimum absolute atomic E-state index is 0.0372. The van der Waals surface area contributed by atoms with Gasteiger partial charge in [0.2, 0.25) is 0 Å². The van der Waals surface area contributed by atoms with Gasteiger partial charge in [-0.1, -0.05) is 23.4 Å². The van der Waals surface area contributed by atoms with Gasteiger partial charge in [0.25, 0.3) is 0 Å². The third-order valence-corrected chi connectivity index (χ3v) is 3.45. The van der Waals surface area contributed by atoms with E-state index in [1.54, 1.807) is 18.2 Å². The molecule has 0 unspecified atom stereocenters. The smallest absolute Gasteiger partial charge is 0.319 e. The second kappa shape index (κ2) is 7.18. The summed E-state index contributed by atoms with van der Waals surface area (Å²) in [7, 11) is 0. The van der Waals surface area contributed by atoms with Crippen LogP contribution in [0.1, 0.15) is 31.2 Å². The number of urea groups is 1. The Bertz CT molecular complexity index is 545. The largest absolute Gasteiger partial charge is 0.395 e. The molecule has 0 spiro atoms. The Hall–Kier alpha value is -1.70. The Morgan fingerprint density at radius 3 is 2.90 bits per heavy atom. The van der Waals surface area contributed by atoms with Gasteiger partial charge in [0, 0.05) is 18.0 Å². The molecule has 4 nitrogen and oxygen atoms in total. The fraction of sp³-hybridized carbons (Fsp3) is 0.400. The summed E-state index contributed by atoms with van der Waals surface area (Å²) >= 11 is 6.06. The van der Waals surface area contributed by atoms with Crippen LogP contribution in [0, 0.1) is 11.8 Å². The van der Waals surface area contributed by atoms with E-state index in [0.29, 0.717) is 17.1 Å². The van der Waals surface area contributed by atoms with E-state index in [4.69, 9.17) is 16.7 Å². The van der Waals surface area contributed by atoms with Gasteiger partial charge in [-0.05, 0) is 37.5 Å². The Labute approximate surface area is 123 Å². The SMILES string of the molecule is O=C(Nc1cc(C#CCCO)ccc1Cl)NC1CCC1. The molecule has 0 aliphatic heterocycles. The van der Waals surface area contributed by atoms with Crippen molar-refractivity contribution in [3.05, 3.63) is 28.8 Å². The topological polar surface area (TPSA) is 61.4 Å². The third-order valence-electron chi connectivity index (χ3n) is 3.12. The van der Waals surface area contributed by atoms with Crippen LogP contribution in [0.25, 0.3) is 0 Å². The molecule has 0 atom stereocenters. The maximum atomic E-state index is 11.8. The van der Waals surface area contributed by atoms with Crippen molar-refractivity contribution in [3.8, 4) is 11.8 Å². The van der Waals surface area contributed by atoms with Crippen LogP contribution >= 0.6 is 11.6 Å². The monoisotopic (exact) mass is 292 g/mol. The highest BCUT2D eigenvalue weighted by Crippen LogP contribution is 2.23. The number of hydrogen-bond donors (Lipinski definition) is 3. The number of anilines is 1. The molecule has 1 saturated carbocycles. The number of aliphatic hydroxyl groups excluding tert-OH is 1. The average molecular weight is 293 g/mol. The fourth-order valence-corrected chi connectivity index (χ4v) is 1.98. The molecule has 3 N–H and O–H groups in total. The molecular weight excluding hydrogens is 276 g/mol. The summed E-state index contributed by atoms with van der Waals surface area (Å²) < 4.78 is 0. The summed E-state index contributed by atoms with van der Waals surface area (Å²) in [6.45, 7) is 0.0372. The molecule has 1 aliphatic rings. The molecule has 2 rings (SSSR count). The Kier molecular flexibility index (Phi) is 5.28. The van der Waals surface area contributed by atoms with Gasteiger partial charge in [-0.25, -0.2) is 4.79 Å². The molecule has 0 radical (unpaired) electrons. The first kappa shape index (κ1) is 14.7. The average Bonchev–Trinajstić information content (AvgIpc) is 2.38. The third kappa shape index (κ3) is 4.16. The van der Waals surface area contributed by atoms with Crippen molar-refractivity contribution in [1.29, 1.82) is 0 Å². The molecule has 106 valence electrons. The van der Waals surface area contributed by atoms with Crippen LogP contribution in [-0.2, 0) is 0 Å². The minimum Gasteiger partial charge on any atom is -0.395 e. The number of aliphatic hydroxyl groups is 1. The first-order chi connectivity index (χ1) is 9.69. The summed E-state index contributed by atoms with van der Waals surface area (Å²) in [6.07, 6.45) is 3.66. The lowest BCUT2D eigenvalue weighted by Gasteiger charge is -2.26. The van der Waals surface area contributed by atoms with Crippen molar-refractivity contribution in [2.24, 2.45) is 0 Å². The lowest BCUT2D eigenvalue weighted by atomic mass is 9.93. The molecule has 20 heavy (non-hydrogen) atoms. The van der Waals surface area contributed by atoms with Gasteiger partial charge in [-0.15, -0.1) is 0 Å². The zero-order valence-corrected chi connectivity index (χ0v) is 11.8. The highest BCUT2D eigenvalue weighted by Gasteiger charge is 2.19. The summed E-state index contributed by atoms with van der Waals surface area (Å²) in [4.78, 5) is 11.8. The van der Waals surface area contributed by atoms with E-state index in [-0.39, 0.29) is 18.7 Å². The summed E-state index contributed by atoms with van der Waals surface area (Å²) in [6, 6.07) is 5.25. The number of hydrogen-bond acceptors (Lipinski definition) is 2. The van der Waals surface area contributed by atoms with Crippen molar-refractivity contribution >= 4 is 23.3 Å². The molecule has 0 saturated heterocycles. The number of benzene rings is 1. The second-order valence-electron chi connectivity index (χ2n) is 4.70. The van der Waals surface area contributed by atoms with Crippen molar-refractivity contribution in [1.82, 2.24) is 5.32 Å². The molecule has 1 fully saturated rings. The van der Waals surface area contributed by atoms with Crippen LogP contribution in [-0.4, -0.2) is 23.8 Å². The predicted molar refractivity (Wildman–Crippen MR) is 79.8 cm³/mol. The molecule has 2 amide bonds. The maximum Gasteiger partial charge on any atom is 0.319 e. The van der Waals surface area contributed by atoms with Gasteiger partial charge in [-0.3, -0.25) is 0 Å². The number of nitrogens with one attached hydrogen (secondary N) is 2. The molecule has 1 aromatic rings. The number of carbonyl (C=O) groups excluding carboxylic acids is 1. The van der Waals surface area contributed by atoms with Gasteiger partial charge in [0.15, 0.2) is 0 Å². The second-order valence-corrected chi connectivity index (χ2v) is 5.10. The van der Waals surface area contributed by atoms with E-state index < -0.39 is 0 Å². The number of halogens is 1. The Balaban J connectivity index is 2.00. The molecule has 0 bridgehead atoms. The molecule has 0 heterocycles. The Morgan fingerprint density at radius 2 is 2.25 bits per heavy atom. The zero-order valence-electron chi connectivity index (χ0n) is 11.1. The van der Waals surface area contributed by atoms with Gasteiger partial charge < -0.3 is 15.7 Å². The van der Waals surface area contributed by atoms with E-state index >= 15 is 0 Å². The number of rotatable bonds is 3. The fourth-order valence-electron chi connectivity index (χ4n) is 1.82. The van der Waals surface area contributed by atoms with E-state index in [9.17, 15) is 4.79 Å². The van der Waals surface area contributed by atoms with Crippen LogP contribution < -0.4 is 10.6 Å². The van der Waals surface area contributed by atoms with E-state index in [1.165, 1.54) is 6.42 Å². The maximum absolute atomic E-state index is 11.8. The van der Waals surface area contributed by atoms with Crippen LogP contribution in [0.15, 0.2) is 18.2 Å². The first-order valence-corrected chi connectivity index (χ1v) is 7.03. The quantitative estimate of drug-likeness (QED) is 0.750. The number of amides is 2. The normalized spacial score (nSPS) is 13.9. The van der Waals surface area contributed by atoms with E-state index in [0.717, 1.165) is 18.4 Å². The van der Waals surface area contributed by atoms with Crippen LogP contribution in [0.2, 0.25) is 5.02 Å². The van der Waals surface area contributed by atoms with Crippen molar-refractivity contribution < 1.29 is 9.90 Å². The number of carbonyl (C=O) groups is 1. The summed E-state index contributed by atoms with van der Waals surface area (Å²) in [5, 5.41) is 14.8. The predicted octanol–water partition coefficient (Wildman–Crippen LogP) is 2.75. The first-order valence-electron chi connectivity index (χ1n) is 6.66. The highest BCUT2D eigenvalue weighted by atomic mass is 35.5. The molecular formula is C15H17ClN2O2. The molecule has 5 heteroatoms. The van der Waals surface area contributed by atoms with Gasteiger partial charge in [0.1, 0.15) is 0 Å². The lowest BCUT2D eigenvalue weighted by Crippen LogP contribution is -2.41. The summed E-state index contributed by atoms with van der Waals surface area (Å²) in [5.41, 5.74) is 1.29. The van der Waals surface area contributed by atoms with Crippen molar-refractivity contribution in [3.63, 3.8) is 0 Å². The molecule has 1 aliphatic carbocycles. The van der Waals surface area contributed by atoms with E-state index in [1.807, 2.05) is 0 Å². The van der Waals surface area contributed by atoms with Gasteiger partial charge >= 0.3 is 6.03 Å². The lowest BCUT2D eigenvalue weighted by molar-refractivity contribution is 0.240. The van der Waals surface area contributed by atoms with Crippen molar-refractivity contribution in [2.75, 3.05) is 11.9 Å². The van der Waals surface area contributed by atoms with Crippen LogP contribution in [0.3, 0.4) is 0 Å². The van der Waals surface area contributed by atoms with Crippen LogP contribution in [0.4, 0.5) is 10.5 Å². The molecule has 0 aromatic heterocycles. The molecule has 1 aromatic carbocycles. The zero-order chi connectivity index (χ0) is 14.4. The van der Waals surface area contributed by atoms with Crippen molar-refractivity contribution in [2.45, 2.75) is 31.7 Å². The Morgan fingerprint density at radius 1 is 1.45 bits per heavy atom. The van der Waals surface area contributed by atoms with Gasteiger partial charge in [0.05, 0.1) is 17.3 Å².